The van der Waals surface area contributed by atoms with Crippen molar-refractivity contribution in [2.75, 3.05) is 26.4 Å². The second kappa shape index (κ2) is 29.7. The molecule has 0 radical (unpaired) electrons. The van der Waals surface area contributed by atoms with Crippen molar-refractivity contribution in [3.05, 3.63) is 109 Å². The monoisotopic (exact) mass is 1140 g/mol. The van der Waals surface area contributed by atoms with Gasteiger partial charge in [0.25, 0.3) is 0 Å². The van der Waals surface area contributed by atoms with E-state index in [1.165, 1.54) is 32.1 Å². The number of hydrogen-bond acceptors (Lipinski definition) is 8. The first kappa shape index (κ1) is 72.7. The van der Waals surface area contributed by atoms with Gasteiger partial charge in [0.15, 0.2) is 0 Å². The van der Waals surface area contributed by atoms with E-state index in [9.17, 15) is 9.59 Å². The van der Waals surface area contributed by atoms with E-state index in [4.69, 9.17) is 28.4 Å². The van der Waals surface area contributed by atoms with E-state index < -0.39 is 22.4 Å². The summed E-state index contributed by atoms with van der Waals surface area (Å²) in [5, 5.41) is 0. The lowest BCUT2D eigenvalue weighted by Crippen LogP contribution is -2.47. The predicted octanol–water partition coefficient (Wildman–Crippen LogP) is 19.8. The molecule has 466 valence electrons. The van der Waals surface area contributed by atoms with Crippen LogP contribution in [0.25, 0.3) is 0 Å². The zero-order valence-electron chi connectivity index (χ0n) is 56.6. The lowest BCUT2D eigenvalue weighted by molar-refractivity contribution is -0.161. The molecule has 0 aliphatic heterocycles. The van der Waals surface area contributed by atoms with Crippen molar-refractivity contribution in [2.45, 2.75) is 281 Å². The third-order valence-corrected chi connectivity index (χ3v) is 19.8. The molecule has 0 saturated heterocycles. The van der Waals surface area contributed by atoms with Crippen LogP contribution in [-0.2, 0) is 38.0 Å². The molecule has 2 aliphatic rings. The summed E-state index contributed by atoms with van der Waals surface area (Å²) in [5.41, 5.74) is 0.403. The highest BCUT2D eigenvalue weighted by atomic mass is 16.6. The van der Waals surface area contributed by atoms with Crippen LogP contribution >= 0.6 is 0 Å². The fourth-order valence-electron chi connectivity index (χ4n) is 13.5. The van der Waals surface area contributed by atoms with E-state index in [0.29, 0.717) is 36.2 Å². The smallest absolute Gasteiger partial charge is 0.333 e. The van der Waals surface area contributed by atoms with Gasteiger partial charge in [0.2, 0.25) is 0 Å². The predicted molar refractivity (Wildman–Crippen MR) is 344 cm³/mol. The normalized spacial score (nSPS) is 22.0. The Morgan fingerprint density at radius 2 is 0.927 bits per heavy atom. The molecular weight excluding hydrogens is 1020 g/mol. The third-order valence-electron chi connectivity index (χ3n) is 19.8. The van der Waals surface area contributed by atoms with Crippen molar-refractivity contribution in [2.24, 2.45) is 39.4 Å². The minimum atomic E-state index is -0.793. The zero-order chi connectivity index (χ0) is 62.4. The van der Waals surface area contributed by atoms with Crippen LogP contribution in [0.2, 0.25) is 0 Å². The molecule has 2 aromatic carbocycles. The first-order valence-corrected chi connectivity index (χ1v) is 31.8. The van der Waals surface area contributed by atoms with Crippen molar-refractivity contribution in [3.8, 4) is 0 Å². The van der Waals surface area contributed by atoms with E-state index >= 15 is 0 Å². The molecule has 8 heteroatoms. The van der Waals surface area contributed by atoms with Crippen molar-refractivity contribution >= 4 is 11.9 Å². The van der Waals surface area contributed by atoms with Gasteiger partial charge >= 0.3 is 11.9 Å². The molecule has 0 N–H and O–H groups in total. The molecule has 5 unspecified atom stereocenters. The Balaban J connectivity index is 0.00000872. The summed E-state index contributed by atoms with van der Waals surface area (Å²) in [6, 6.07) is 20.5. The van der Waals surface area contributed by atoms with Crippen LogP contribution < -0.4 is 0 Å². The fourth-order valence-corrected chi connectivity index (χ4v) is 13.5. The van der Waals surface area contributed by atoms with Crippen molar-refractivity contribution in [1.82, 2.24) is 0 Å². The molecule has 2 fully saturated rings. The van der Waals surface area contributed by atoms with Gasteiger partial charge in [0, 0.05) is 36.2 Å². The van der Waals surface area contributed by atoms with Crippen LogP contribution in [0.3, 0.4) is 0 Å². The highest BCUT2D eigenvalue weighted by Gasteiger charge is 2.51. The molecule has 0 heterocycles. The molecule has 82 heavy (non-hydrogen) atoms. The van der Waals surface area contributed by atoms with Gasteiger partial charge in [-0.15, -0.1) is 6.58 Å². The van der Waals surface area contributed by atoms with Gasteiger partial charge in [0.1, 0.15) is 11.2 Å². The average molecular weight is 1140 g/mol. The molecular formula is C74H122O8. The molecule has 4 rings (SSSR count). The number of carbonyl (C=O) groups excluding carboxylic acids is 2. The summed E-state index contributed by atoms with van der Waals surface area (Å²) in [5.74, 6) is 0.886. The van der Waals surface area contributed by atoms with Gasteiger partial charge in [0.05, 0.1) is 35.6 Å². The molecule has 0 spiro atoms. The van der Waals surface area contributed by atoms with E-state index in [1.54, 1.807) is 13.8 Å². The Morgan fingerprint density at radius 1 is 0.561 bits per heavy atom. The standard InChI is InChI=1S/C72H116O8.C2H6/c1-24-54-45-71(22,50-65(10,11)75-43-33-31-40-63(6,7)69(18,19)77-48-59(55-35-27-25-28-36-55)67(14,15)79-61(73)52(2)3)42-39-58(54)57-46-72(23,47-57)51-66(12,13)76-44-34-32-41-64(8,9)70(20,21)78-49-60(56-37-29-26-30-38-56)68(16,17)80-62(74)53(4)5;1-2/h24-30,35-38,54,57-60H,1-2,4,31-34,39-51H2,3,5-23H3;1-2H3. The first-order chi connectivity index (χ1) is 37.7. The minimum absolute atomic E-state index is 0.101. The van der Waals surface area contributed by atoms with Gasteiger partial charge in [-0.1, -0.05) is 148 Å². The van der Waals surface area contributed by atoms with Crippen molar-refractivity contribution in [1.29, 1.82) is 0 Å². The number of benzene rings is 2. The number of hydrogen-bond donors (Lipinski definition) is 0. The van der Waals surface area contributed by atoms with Crippen LogP contribution in [-0.4, -0.2) is 72.0 Å². The summed E-state index contributed by atoms with van der Waals surface area (Å²) in [6.07, 6.45) is 16.7. The highest BCUT2D eigenvalue weighted by molar-refractivity contribution is 5.87. The number of ether oxygens (including phenoxy) is 6. The molecule has 5 atom stereocenters. The molecule has 2 aliphatic carbocycles. The number of rotatable bonds is 34. The van der Waals surface area contributed by atoms with E-state index in [1.807, 2.05) is 77.9 Å². The minimum Gasteiger partial charge on any atom is -0.456 e. The topological polar surface area (TPSA) is 89.5 Å². The Labute approximate surface area is 503 Å². The number of carbonyl (C=O) groups is 2. The van der Waals surface area contributed by atoms with E-state index in [-0.39, 0.29) is 56.6 Å². The number of allylic oxidation sites excluding steroid dienone is 1. The number of esters is 2. The highest BCUT2D eigenvalue weighted by Crippen LogP contribution is 2.59. The largest absolute Gasteiger partial charge is 0.456 e. The van der Waals surface area contributed by atoms with Gasteiger partial charge in [-0.2, -0.15) is 0 Å². The molecule has 0 bridgehead atoms. The quantitative estimate of drug-likeness (QED) is 0.0296. The Morgan fingerprint density at radius 3 is 1.28 bits per heavy atom. The van der Waals surface area contributed by atoms with Crippen LogP contribution in [0.1, 0.15) is 259 Å². The van der Waals surface area contributed by atoms with Gasteiger partial charge in [-0.25, -0.2) is 9.59 Å². The number of unbranched alkanes of at least 4 members (excludes halogenated alkanes) is 2. The maximum absolute atomic E-state index is 12.7. The van der Waals surface area contributed by atoms with Crippen LogP contribution in [0, 0.1) is 39.4 Å². The summed E-state index contributed by atoms with van der Waals surface area (Å²) < 4.78 is 39.1. The summed E-state index contributed by atoms with van der Waals surface area (Å²) >= 11 is 0. The van der Waals surface area contributed by atoms with Crippen molar-refractivity contribution in [3.63, 3.8) is 0 Å². The fraction of sp³-hybridized carbons (Fsp3) is 0.730. The SMILES string of the molecule is C=CC1CC(C)(CC(C)(C)OCCCCC(C)(C)C(C)(C)OCC(c2ccccc2)C(C)(C)OC(=O)C(=C)C)CCC1C1CC(C)(CC(C)(C)OCCCCC(C)(C)C(C)(C)OCC(c2ccccc2)C(C)(C)OC(=O)C(=C)C)C1.CC. The Bertz CT molecular complexity index is 2310. The van der Waals surface area contributed by atoms with Crippen LogP contribution in [0.5, 0.6) is 0 Å². The van der Waals surface area contributed by atoms with E-state index in [0.717, 1.165) is 81.6 Å². The lowest BCUT2D eigenvalue weighted by Gasteiger charge is -2.55. The maximum atomic E-state index is 12.7. The van der Waals surface area contributed by atoms with Gasteiger partial charge in [-0.3, -0.25) is 0 Å². The second-order valence-corrected chi connectivity index (χ2v) is 30.5. The molecule has 2 saturated carbocycles. The van der Waals surface area contributed by atoms with Gasteiger partial charge in [-0.05, 0) is 218 Å². The van der Waals surface area contributed by atoms with Gasteiger partial charge < -0.3 is 28.4 Å². The average Bonchev–Trinajstić information content (AvgIpc) is 3.35. The Kier molecular flexibility index (Phi) is 26.3. The maximum Gasteiger partial charge on any atom is 0.333 e. The first-order valence-electron chi connectivity index (χ1n) is 31.8. The van der Waals surface area contributed by atoms with Crippen LogP contribution in [0.15, 0.2) is 97.6 Å². The summed E-state index contributed by atoms with van der Waals surface area (Å²) in [4.78, 5) is 25.3. The zero-order valence-corrected chi connectivity index (χ0v) is 56.6. The molecule has 8 nitrogen and oxygen atoms in total. The second-order valence-electron chi connectivity index (χ2n) is 30.5. The van der Waals surface area contributed by atoms with Crippen LogP contribution in [0.4, 0.5) is 0 Å². The lowest BCUT2D eigenvalue weighted by atomic mass is 9.51. The Hall–Kier alpha value is -3.56. The molecule has 2 aromatic rings. The molecule has 0 aromatic heterocycles. The molecule has 0 amide bonds. The summed E-state index contributed by atoms with van der Waals surface area (Å²) in [7, 11) is 0. The summed E-state index contributed by atoms with van der Waals surface area (Å²) in [6.45, 7) is 61.8. The van der Waals surface area contributed by atoms with E-state index in [2.05, 4.69) is 147 Å². The van der Waals surface area contributed by atoms with Crippen molar-refractivity contribution < 1.29 is 38.0 Å². The third kappa shape index (κ3) is 21.1.